The summed E-state index contributed by atoms with van der Waals surface area (Å²) in [4.78, 5) is 30.9. The van der Waals surface area contributed by atoms with Crippen molar-refractivity contribution < 1.29 is 14.3 Å². The molecule has 1 N–H and O–H groups in total. The number of aryl methyl sites for hydroxylation is 1. The van der Waals surface area contributed by atoms with Crippen LogP contribution >= 0.6 is 0 Å². The number of amides is 1. The Kier molecular flexibility index (Phi) is 7.44. The van der Waals surface area contributed by atoms with E-state index in [1.165, 1.54) is 0 Å². The zero-order valence-electron chi connectivity index (χ0n) is 22.9. The third-order valence-corrected chi connectivity index (χ3v) is 8.26. The molecule has 0 aromatic carbocycles. The molecular formula is C29H37N7O3. The van der Waals surface area contributed by atoms with Gasteiger partial charge in [0.1, 0.15) is 18.2 Å². The number of anilines is 4. The molecule has 1 amide bonds. The molecule has 6 rings (SSSR count). The average molecular weight is 532 g/mol. The smallest absolute Gasteiger partial charge is 0.298 e. The minimum absolute atomic E-state index is 0.0434. The molecule has 2 aromatic rings. The van der Waals surface area contributed by atoms with Gasteiger partial charge in [-0.2, -0.15) is 0 Å². The second-order valence-electron chi connectivity index (χ2n) is 10.5. The summed E-state index contributed by atoms with van der Waals surface area (Å²) < 4.78 is 11.9. The lowest BCUT2D eigenvalue weighted by Gasteiger charge is -2.42. The Morgan fingerprint density at radius 2 is 1.82 bits per heavy atom. The molecule has 10 nitrogen and oxygen atoms in total. The molecular weight excluding hydrogens is 494 g/mol. The van der Waals surface area contributed by atoms with E-state index in [-0.39, 0.29) is 5.91 Å². The van der Waals surface area contributed by atoms with Crippen molar-refractivity contribution in [1.29, 1.82) is 0 Å². The van der Waals surface area contributed by atoms with Gasteiger partial charge in [0.2, 0.25) is 0 Å². The van der Waals surface area contributed by atoms with E-state index in [0.717, 1.165) is 118 Å². The Labute approximate surface area is 230 Å². The Morgan fingerprint density at radius 3 is 2.56 bits per heavy atom. The highest BCUT2D eigenvalue weighted by atomic mass is 16.5. The summed E-state index contributed by atoms with van der Waals surface area (Å²) >= 11 is 0. The second kappa shape index (κ2) is 11.3. The lowest BCUT2D eigenvalue weighted by atomic mass is 10.0. The number of rotatable bonds is 3. The minimum Gasteiger partial charge on any atom is -0.485 e. The summed E-state index contributed by atoms with van der Waals surface area (Å²) in [5, 5.41) is 3.57. The largest absolute Gasteiger partial charge is 0.485 e. The third-order valence-electron chi connectivity index (χ3n) is 8.26. The van der Waals surface area contributed by atoms with Gasteiger partial charge in [-0.15, -0.1) is 0 Å². The number of pyridine rings is 2. The predicted molar refractivity (Wildman–Crippen MR) is 151 cm³/mol. The van der Waals surface area contributed by atoms with Crippen LogP contribution in [0.1, 0.15) is 31.0 Å². The molecule has 4 aliphatic heterocycles. The highest BCUT2D eigenvalue weighted by Gasteiger charge is 2.30. The van der Waals surface area contributed by atoms with Crippen LogP contribution in [0.15, 0.2) is 18.3 Å². The molecule has 0 unspecified atom stereocenters. The predicted octanol–water partition coefficient (Wildman–Crippen LogP) is 2.39. The second-order valence-corrected chi connectivity index (χ2v) is 10.5. The van der Waals surface area contributed by atoms with Gasteiger partial charge < -0.3 is 29.5 Å². The van der Waals surface area contributed by atoms with Crippen LogP contribution in [0.2, 0.25) is 0 Å². The van der Waals surface area contributed by atoms with Gasteiger partial charge in [0.15, 0.2) is 5.75 Å². The van der Waals surface area contributed by atoms with Crippen LogP contribution in [0.5, 0.6) is 5.75 Å². The molecule has 206 valence electrons. The first-order chi connectivity index (χ1) is 19.1. The average Bonchev–Trinajstić information content (AvgIpc) is 3.17. The van der Waals surface area contributed by atoms with Crippen LogP contribution in [0.3, 0.4) is 0 Å². The standard InChI is InChI=1S/C29H37N7O3/c1-3-4-27(37)36-9-6-22(7-10-36)33-11-13-35(14-12-33)26-19-24-28(21(2)31-26)39-20-23-25(5-8-30-29(23)32-24)34-15-17-38-18-16-34/h5,8,19,22H,6-7,9-18,20H2,1-2H3,(H,30,32). The summed E-state index contributed by atoms with van der Waals surface area (Å²) in [6.07, 6.45) is 3.88. The van der Waals surface area contributed by atoms with Crippen LogP contribution in [-0.4, -0.2) is 97.3 Å². The molecule has 0 bridgehead atoms. The number of nitrogens with one attached hydrogen (secondary N) is 1. The fourth-order valence-electron chi connectivity index (χ4n) is 6.12. The quantitative estimate of drug-likeness (QED) is 0.600. The Morgan fingerprint density at radius 1 is 1.05 bits per heavy atom. The number of morpholine rings is 1. The molecule has 3 saturated heterocycles. The highest BCUT2D eigenvalue weighted by molar-refractivity contribution is 5.93. The Bertz CT molecular complexity index is 1270. The molecule has 4 aliphatic rings. The maximum Gasteiger partial charge on any atom is 0.298 e. The summed E-state index contributed by atoms with van der Waals surface area (Å²) in [5.74, 6) is 7.95. The van der Waals surface area contributed by atoms with Crippen molar-refractivity contribution in [3.05, 3.63) is 29.6 Å². The number of fused-ring (bicyclic) bond motifs is 2. The van der Waals surface area contributed by atoms with Crippen molar-refractivity contribution in [3.63, 3.8) is 0 Å². The van der Waals surface area contributed by atoms with Crippen molar-refractivity contribution in [2.75, 3.05) is 80.7 Å². The summed E-state index contributed by atoms with van der Waals surface area (Å²) in [6.45, 7) is 12.8. The molecule has 0 atom stereocenters. The normalized spacial score (nSPS) is 20.1. The molecule has 39 heavy (non-hydrogen) atoms. The van der Waals surface area contributed by atoms with E-state index in [4.69, 9.17) is 14.5 Å². The number of carbonyl (C=O) groups excluding carboxylic acids is 1. The van der Waals surface area contributed by atoms with Crippen LogP contribution in [-0.2, 0) is 16.1 Å². The molecule has 0 aliphatic carbocycles. The van der Waals surface area contributed by atoms with E-state index < -0.39 is 0 Å². The van der Waals surface area contributed by atoms with Crippen molar-refractivity contribution >= 4 is 28.9 Å². The molecule has 2 aromatic heterocycles. The number of likely N-dealkylation sites (tertiary alicyclic amines) is 1. The number of carbonyl (C=O) groups is 1. The van der Waals surface area contributed by atoms with Gasteiger partial charge in [0, 0.05) is 76.4 Å². The molecule has 6 heterocycles. The summed E-state index contributed by atoms with van der Waals surface area (Å²) in [5.41, 5.74) is 4.02. The zero-order chi connectivity index (χ0) is 26.8. The maximum absolute atomic E-state index is 12.1. The van der Waals surface area contributed by atoms with E-state index in [1.807, 2.05) is 18.0 Å². The van der Waals surface area contributed by atoms with Gasteiger partial charge in [-0.25, -0.2) is 9.97 Å². The van der Waals surface area contributed by atoms with Crippen LogP contribution < -0.4 is 19.9 Å². The number of nitrogens with zero attached hydrogens (tertiary/aromatic N) is 6. The lowest BCUT2D eigenvalue weighted by Crippen LogP contribution is -2.53. The number of hydrogen-bond donors (Lipinski definition) is 1. The zero-order valence-corrected chi connectivity index (χ0v) is 22.9. The lowest BCUT2D eigenvalue weighted by molar-refractivity contribution is -0.126. The molecule has 0 saturated carbocycles. The summed E-state index contributed by atoms with van der Waals surface area (Å²) in [7, 11) is 0. The first-order valence-electron chi connectivity index (χ1n) is 14.0. The molecule has 0 spiro atoms. The van der Waals surface area contributed by atoms with Crippen LogP contribution in [0.4, 0.5) is 23.0 Å². The van der Waals surface area contributed by atoms with Crippen LogP contribution in [0, 0.1) is 18.8 Å². The molecule has 3 fully saturated rings. The SMILES string of the molecule is CC#CC(=O)N1CCC(N2CCN(c3cc4c(c(C)n3)OCc3c(N5CCOCC5)ccnc3N4)CC2)CC1. The Hall–Kier alpha value is -3.55. The number of piperidine rings is 1. The van der Waals surface area contributed by atoms with E-state index in [2.05, 4.69) is 49.0 Å². The fourth-order valence-corrected chi connectivity index (χ4v) is 6.12. The maximum atomic E-state index is 12.1. The third kappa shape index (κ3) is 5.34. The monoisotopic (exact) mass is 531 g/mol. The summed E-state index contributed by atoms with van der Waals surface area (Å²) in [6, 6.07) is 4.70. The highest BCUT2D eigenvalue weighted by Crippen LogP contribution is 2.40. The van der Waals surface area contributed by atoms with E-state index in [9.17, 15) is 4.79 Å². The van der Waals surface area contributed by atoms with E-state index in [0.29, 0.717) is 12.6 Å². The topological polar surface area (TPSA) is 86.3 Å². The van der Waals surface area contributed by atoms with Crippen molar-refractivity contribution in [2.24, 2.45) is 0 Å². The van der Waals surface area contributed by atoms with Gasteiger partial charge >= 0.3 is 0 Å². The first-order valence-corrected chi connectivity index (χ1v) is 14.0. The van der Waals surface area contributed by atoms with Gasteiger partial charge in [-0.3, -0.25) is 9.69 Å². The number of piperazine rings is 1. The minimum atomic E-state index is -0.0434. The molecule has 0 radical (unpaired) electrons. The van der Waals surface area contributed by atoms with Gasteiger partial charge in [0.05, 0.1) is 30.2 Å². The Balaban J connectivity index is 1.12. The van der Waals surface area contributed by atoms with Crippen molar-refractivity contribution in [1.82, 2.24) is 19.8 Å². The number of ether oxygens (including phenoxy) is 2. The van der Waals surface area contributed by atoms with Gasteiger partial charge in [-0.1, -0.05) is 5.92 Å². The fraction of sp³-hybridized carbons (Fsp3) is 0.552. The van der Waals surface area contributed by atoms with Crippen LogP contribution in [0.25, 0.3) is 0 Å². The number of hydrogen-bond acceptors (Lipinski definition) is 9. The van der Waals surface area contributed by atoms with Crippen molar-refractivity contribution in [3.8, 4) is 17.6 Å². The van der Waals surface area contributed by atoms with E-state index in [1.54, 1.807) is 6.92 Å². The first kappa shape index (κ1) is 25.7. The molecule has 10 heteroatoms. The number of aromatic nitrogens is 2. The van der Waals surface area contributed by atoms with Gasteiger partial charge in [-0.05, 0) is 38.7 Å². The van der Waals surface area contributed by atoms with Gasteiger partial charge in [0.25, 0.3) is 5.91 Å². The van der Waals surface area contributed by atoms with E-state index >= 15 is 0 Å². The van der Waals surface area contributed by atoms with Crippen molar-refractivity contribution in [2.45, 2.75) is 39.3 Å².